The average molecular weight is 250 g/mol. The van der Waals surface area contributed by atoms with Crippen LogP contribution in [0.25, 0.3) is 0 Å². The maximum atomic E-state index is 5.70. The van der Waals surface area contributed by atoms with E-state index in [1.165, 1.54) is 13.0 Å². The van der Waals surface area contributed by atoms with E-state index in [1.54, 1.807) is 6.20 Å². The Balaban J connectivity index is 2.27. The second-order valence-corrected chi connectivity index (χ2v) is 4.72. The summed E-state index contributed by atoms with van der Waals surface area (Å²) in [4.78, 5) is 6.53. The van der Waals surface area contributed by atoms with Crippen LogP contribution in [-0.2, 0) is 0 Å². The molecule has 0 bridgehead atoms. The Bertz CT molecular complexity index is 336. The Hall–Kier alpha value is -1.29. The van der Waals surface area contributed by atoms with Crippen molar-refractivity contribution in [1.29, 1.82) is 0 Å². The minimum atomic E-state index is 0.448. The monoisotopic (exact) mass is 250 g/mol. The van der Waals surface area contributed by atoms with Crippen molar-refractivity contribution in [2.75, 3.05) is 30.7 Å². The molecular formula is C14H26N4. The molecule has 102 valence electrons. The molecule has 0 saturated heterocycles. The van der Waals surface area contributed by atoms with E-state index >= 15 is 0 Å². The molecule has 1 aromatic heterocycles. The van der Waals surface area contributed by atoms with E-state index in [4.69, 9.17) is 5.73 Å². The van der Waals surface area contributed by atoms with Gasteiger partial charge in [-0.05, 0) is 45.5 Å². The van der Waals surface area contributed by atoms with Crippen molar-refractivity contribution in [3.05, 3.63) is 18.5 Å². The van der Waals surface area contributed by atoms with Crippen LogP contribution in [0.5, 0.6) is 0 Å². The summed E-state index contributed by atoms with van der Waals surface area (Å²) in [6.45, 7) is 10.1. The maximum absolute atomic E-state index is 5.70. The Morgan fingerprint density at radius 2 is 2.06 bits per heavy atom. The predicted octanol–water partition coefficient (Wildman–Crippen LogP) is 2.59. The van der Waals surface area contributed by atoms with Crippen molar-refractivity contribution in [3.8, 4) is 0 Å². The van der Waals surface area contributed by atoms with Crippen LogP contribution in [0, 0.1) is 0 Å². The lowest BCUT2D eigenvalue weighted by atomic mass is 10.1. The summed E-state index contributed by atoms with van der Waals surface area (Å²) in [5.41, 5.74) is 7.41. The molecule has 0 spiro atoms. The highest BCUT2D eigenvalue weighted by atomic mass is 15.1. The minimum absolute atomic E-state index is 0.448. The van der Waals surface area contributed by atoms with E-state index in [2.05, 4.69) is 36.0 Å². The average Bonchev–Trinajstić information content (AvgIpc) is 2.34. The van der Waals surface area contributed by atoms with E-state index in [1.807, 2.05) is 12.3 Å². The van der Waals surface area contributed by atoms with Gasteiger partial charge in [-0.25, -0.2) is 0 Å². The normalized spacial score (nSPS) is 12.7. The molecule has 4 nitrogen and oxygen atoms in total. The van der Waals surface area contributed by atoms with Crippen LogP contribution >= 0.6 is 0 Å². The number of pyridine rings is 1. The van der Waals surface area contributed by atoms with Crippen molar-refractivity contribution in [3.63, 3.8) is 0 Å². The molecule has 4 heteroatoms. The van der Waals surface area contributed by atoms with Gasteiger partial charge < -0.3 is 16.0 Å². The van der Waals surface area contributed by atoms with Gasteiger partial charge in [-0.1, -0.05) is 13.8 Å². The van der Waals surface area contributed by atoms with E-state index in [0.717, 1.165) is 25.2 Å². The Labute approximate surface area is 111 Å². The molecule has 0 amide bonds. The van der Waals surface area contributed by atoms with Crippen molar-refractivity contribution in [2.24, 2.45) is 0 Å². The summed E-state index contributed by atoms with van der Waals surface area (Å²) in [6, 6.07) is 2.37. The second kappa shape index (κ2) is 7.93. The summed E-state index contributed by atoms with van der Waals surface area (Å²) in [7, 11) is 0. The number of nitrogen functional groups attached to an aromatic ring is 1. The first-order valence-corrected chi connectivity index (χ1v) is 6.85. The number of nitrogens with two attached hydrogens (primary N) is 1. The smallest absolute Gasteiger partial charge is 0.0549 e. The van der Waals surface area contributed by atoms with Gasteiger partial charge in [-0.2, -0.15) is 0 Å². The Morgan fingerprint density at radius 1 is 1.33 bits per heavy atom. The fourth-order valence-corrected chi connectivity index (χ4v) is 2.05. The van der Waals surface area contributed by atoms with Gasteiger partial charge in [0.25, 0.3) is 0 Å². The van der Waals surface area contributed by atoms with Crippen LogP contribution in [-0.4, -0.2) is 35.6 Å². The summed E-state index contributed by atoms with van der Waals surface area (Å²) >= 11 is 0. The van der Waals surface area contributed by atoms with E-state index in [-0.39, 0.29) is 0 Å². The van der Waals surface area contributed by atoms with Gasteiger partial charge in [-0.3, -0.25) is 4.98 Å². The molecule has 1 rings (SSSR count). The lowest BCUT2D eigenvalue weighted by molar-refractivity contribution is 0.295. The van der Waals surface area contributed by atoms with Crippen molar-refractivity contribution >= 4 is 11.4 Å². The third-order valence-electron chi connectivity index (χ3n) is 3.18. The van der Waals surface area contributed by atoms with E-state index in [9.17, 15) is 0 Å². The number of nitrogens with zero attached hydrogens (tertiary/aromatic N) is 2. The van der Waals surface area contributed by atoms with Crippen LogP contribution in [0.2, 0.25) is 0 Å². The highest BCUT2D eigenvalue weighted by molar-refractivity contribution is 5.51. The number of rotatable bonds is 8. The third-order valence-corrected chi connectivity index (χ3v) is 3.18. The topological polar surface area (TPSA) is 54.2 Å². The van der Waals surface area contributed by atoms with Crippen LogP contribution in [0.1, 0.15) is 33.6 Å². The fourth-order valence-electron chi connectivity index (χ4n) is 2.05. The van der Waals surface area contributed by atoms with Gasteiger partial charge in [0, 0.05) is 12.2 Å². The number of nitrogens with one attached hydrogen (secondary N) is 1. The molecule has 1 aromatic rings. The van der Waals surface area contributed by atoms with Gasteiger partial charge in [0.05, 0.1) is 17.6 Å². The molecule has 1 unspecified atom stereocenters. The van der Waals surface area contributed by atoms with Crippen molar-refractivity contribution in [2.45, 2.75) is 39.7 Å². The Kier molecular flexibility index (Phi) is 6.50. The summed E-state index contributed by atoms with van der Waals surface area (Å²) in [5, 5.41) is 3.43. The van der Waals surface area contributed by atoms with Gasteiger partial charge in [0.15, 0.2) is 0 Å². The van der Waals surface area contributed by atoms with Crippen molar-refractivity contribution < 1.29 is 0 Å². The van der Waals surface area contributed by atoms with Crippen molar-refractivity contribution in [1.82, 2.24) is 9.88 Å². The zero-order valence-corrected chi connectivity index (χ0v) is 11.8. The molecule has 0 aromatic carbocycles. The molecule has 0 saturated carbocycles. The molecule has 0 aliphatic carbocycles. The van der Waals surface area contributed by atoms with Crippen LogP contribution in [0.15, 0.2) is 18.5 Å². The van der Waals surface area contributed by atoms with Crippen LogP contribution < -0.4 is 11.1 Å². The van der Waals surface area contributed by atoms with E-state index in [0.29, 0.717) is 11.7 Å². The number of aromatic nitrogens is 1. The largest absolute Gasteiger partial charge is 0.397 e. The first-order chi connectivity index (χ1) is 8.65. The maximum Gasteiger partial charge on any atom is 0.0549 e. The molecule has 0 aliphatic rings. The highest BCUT2D eigenvalue weighted by Gasteiger charge is 2.04. The predicted molar refractivity (Wildman–Crippen MR) is 78.8 cm³/mol. The molecule has 3 N–H and O–H groups in total. The van der Waals surface area contributed by atoms with Gasteiger partial charge in [-0.15, -0.1) is 0 Å². The fraction of sp³-hybridized carbons (Fsp3) is 0.643. The highest BCUT2D eigenvalue weighted by Crippen LogP contribution is 2.12. The van der Waals surface area contributed by atoms with E-state index < -0.39 is 0 Å². The molecule has 0 aliphatic heterocycles. The molecule has 1 atom stereocenters. The minimum Gasteiger partial charge on any atom is -0.397 e. The van der Waals surface area contributed by atoms with Crippen LogP contribution in [0.3, 0.4) is 0 Å². The van der Waals surface area contributed by atoms with Gasteiger partial charge in [0.2, 0.25) is 0 Å². The third kappa shape index (κ3) is 5.36. The second-order valence-electron chi connectivity index (χ2n) is 4.72. The molecule has 0 fully saturated rings. The Morgan fingerprint density at radius 3 is 2.67 bits per heavy atom. The zero-order chi connectivity index (χ0) is 13.4. The van der Waals surface area contributed by atoms with Gasteiger partial charge >= 0.3 is 0 Å². The zero-order valence-electron chi connectivity index (χ0n) is 11.8. The first-order valence-electron chi connectivity index (χ1n) is 6.85. The summed E-state index contributed by atoms with van der Waals surface area (Å²) in [5.74, 6) is 0. The standard InChI is InChI=1S/C14H26N4/c1-4-18(5-2)8-6-7-12(3)17-14-9-13(15)10-16-11-14/h9-12,17H,4-8,15H2,1-3H3. The summed E-state index contributed by atoms with van der Waals surface area (Å²) in [6.07, 6.45) is 5.85. The molecule has 0 radical (unpaired) electrons. The quantitative estimate of drug-likeness (QED) is 0.744. The molecule has 18 heavy (non-hydrogen) atoms. The van der Waals surface area contributed by atoms with Gasteiger partial charge in [0.1, 0.15) is 0 Å². The number of hydrogen-bond donors (Lipinski definition) is 2. The molecule has 1 heterocycles. The molecular weight excluding hydrogens is 224 g/mol. The lowest BCUT2D eigenvalue weighted by Gasteiger charge is -2.20. The van der Waals surface area contributed by atoms with Crippen LogP contribution in [0.4, 0.5) is 11.4 Å². The first kappa shape index (κ1) is 14.8. The number of anilines is 2. The lowest BCUT2D eigenvalue weighted by Crippen LogP contribution is -2.25. The summed E-state index contributed by atoms with van der Waals surface area (Å²) < 4.78 is 0. The number of hydrogen-bond acceptors (Lipinski definition) is 4. The SMILES string of the molecule is CCN(CC)CCCC(C)Nc1cncc(N)c1.